The first-order chi connectivity index (χ1) is 17.0. The van der Waals surface area contributed by atoms with E-state index in [0.717, 1.165) is 16.9 Å². The standard InChI is InChI=1S/C27H24FN3O4/c1-34-19-9-6-16(7-10-19)12-13-31-26(17-4-3-5-20(14-17)35-2)23-24(29-30-25(23)27(31)33)21-15-18(28)8-11-22(21)32/h3-11,14-15,26,32H,12-13H2,1-2H3,(H,29,30)/t26-/m0/s1. The fraction of sp³-hybridized carbons (Fsp3) is 0.185. The smallest absolute Gasteiger partial charge is 0.273 e. The Labute approximate surface area is 201 Å². The van der Waals surface area contributed by atoms with Crippen LogP contribution in [0, 0.1) is 5.82 Å². The first-order valence-electron chi connectivity index (χ1n) is 11.1. The summed E-state index contributed by atoms with van der Waals surface area (Å²) in [6, 6.07) is 18.4. The van der Waals surface area contributed by atoms with Crippen molar-refractivity contribution in [2.24, 2.45) is 0 Å². The highest BCUT2D eigenvalue weighted by atomic mass is 19.1. The molecule has 1 aliphatic heterocycles. The van der Waals surface area contributed by atoms with E-state index in [1.807, 2.05) is 48.5 Å². The molecule has 2 N–H and O–H groups in total. The van der Waals surface area contributed by atoms with Crippen LogP contribution in [0.5, 0.6) is 17.2 Å². The van der Waals surface area contributed by atoms with Crippen LogP contribution >= 0.6 is 0 Å². The third kappa shape index (κ3) is 4.07. The number of amides is 1. The predicted molar refractivity (Wildman–Crippen MR) is 128 cm³/mol. The average Bonchev–Trinajstić information content (AvgIpc) is 3.43. The van der Waals surface area contributed by atoms with Crippen molar-refractivity contribution in [1.29, 1.82) is 0 Å². The van der Waals surface area contributed by atoms with Crippen LogP contribution in [-0.2, 0) is 6.42 Å². The summed E-state index contributed by atoms with van der Waals surface area (Å²) in [6.07, 6.45) is 0.619. The highest BCUT2D eigenvalue weighted by Gasteiger charge is 2.42. The van der Waals surface area contributed by atoms with E-state index in [4.69, 9.17) is 9.47 Å². The molecule has 0 spiro atoms. The number of fused-ring (bicyclic) bond motifs is 1. The van der Waals surface area contributed by atoms with Gasteiger partial charge in [0.05, 0.1) is 20.3 Å². The van der Waals surface area contributed by atoms with Crippen molar-refractivity contribution < 1.29 is 23.8 Å². The Balaban J connectivity index is 1.57. The molecule has 4 aromatic rings. The molecular formula is C27H24FN3O4. The van der Waals surface area contributed by atoms with Gasteiger partial charge < -0.3 is 19.5 Å². The maximum Gasteiger partial charge on any atom is 0.273 e. The Morgan fingerprint density at radius 1 is 1.03 bits per heavy atom. The molecule has 0 saturated heterocycles. The van der Waals surface area contributed by atoms with Crippen LogP contribution in [0.1, 0.15) is 33.2 Å². The van der Waals surface area contributed by atoms with Crippen molar-refractivity contribution in [3.8, 4) is 28.5 Å². The molecule has 178 valence electrons. The topological polar surface area (TPSA) is 87.7 Å². The molecule has 35 heavy (non-hydrogen) atoms. The molecule has 0 saturated carbocycles. The van der Waals surface area contributed by atoms with E-state index in [1.165, 1.54) is 18.2 Å². The number of aromatic nitrogens is 2. The summed E-state index contributed by atoms with van der Waals surface area (Å²) in [4.78, 5) is 15.3. The molecule has 0 unspecified atom stereocenters. The number of nitrogens with zero attached hydrogens (tertiary/aromatic N) is 2. The van der Waals surface area contributed by atoms with Gasteiger partial charge in [0.25, 0.3) is 5.91 Å². The molecular weight excluding hydrogens is 449 g/mol. The Hall–Kier alpha value is -4.33. The predicted octanol–water partition coefficient (Wildman–Crippen LogP) is 4.73. The van der Waals surface area contributed by atoms with Crippen molar-refractivity contribution in [3.05, 3.63) is 94.9 Å². The normalized spacial score (nSPS) is 14.8. The third-order valence-electron chi connectivity index (χ3n) is 6.29. The van der Waals surface area contributed by atoms with Gasteiger partial charge in [0.15, 0.2) is 0 Å². The molecule has 2 heterocycles. The zero-order valence-corrected chi connectivity index (χ0v) is 19.3. The minimum atomic E-state index is -0.506. The number of aromatic hydroxyl groups is 1. The van der Waals surface area contributed by atoms with Crippen LogP contribution in [-0.4, -0.2) is 46.9 Å². The molecule has 0 bridgehead atoms. The van der Waals surface area contributed by atoms with Gasteiger partial charge in [0, 0.05) is 17.7 Å². The van der Waals surface area contributed by atoms with Gasteiger partial charge in [-0.1, -0.05) is 24.3 Å². The number of hydrogen-bond donors (Lipinski definition) is 2. The number of H-pyrrole nitrogens is 1. The van der Waals surface area contributed by atoms with E-state index >= 15 is 0 Å². The summed E-state index contributed by atoms with van der Waals surface area (Å²) < 4.78 is 24.7. The SMILES string of the molecule is COc1ccc(CCN2C(=O)c3[nH]nc(-c4cc(F)ccc4O)c3[C@@H]2c2cccc(OC)c2)cc1. The van der Waals surface area contributed by atoms with Gasteiger partial charge in [0.1, 0.15) is 34.5 Å². The van der Waals surface area contributed by atoms with E-state index in [1.54, 1.807) is 19.1 Å². The summed E-state index contributed by atoms with van der Waals surface area (Å²) in [7, 11) is 3.20. The van der Waals surface area contributed by atoms with E-state index in [2.05, 4.69) is 10.2 Å². The average molecular weight is 474 g/mol. The molecule has 5 rings (SSSR count). The second-order valence-corrected chi connectivity index (χ2v) is 8.30. The number of nitrogens with one attached hydrogen (secondary N) is 1. The van der Waals surface area contributed by atoms with Crippen molar-refractivity contribution in [2.75, 3.05) is 20.8 Å². The summed E-state index contributed by atoms with van der Waals surface area (Å²) in [5.74, 6) is 0.580. The quantitative estimate of drug-likeness (QED) is 0.405. The lowest BCUT2D eigenvalue weighted by Crippen LogP contribution is -2.31. The zero-order chi connectivity index (χ0) is 24.5. The number of rotatable bonds is 7. The lowest BCUT2D eigenvalue weighted by atomic mass is 9.95. The molecule has 3 aromatic carbocycles. The fourth-order valence-corrected chi connectivity index (χ4v) is 4.53. The first kappa shape index (κ1) is 22.5. The number of benzene rings is 3. The van der Waals surface area contributed by atoms with Crippen molar-refractivity contribution in [2.45, 2.75) is 12.5 Å². The molecule has 7 nitrogen and oxygen atoms in total. The van der Waals surface area contributed by atoms with Gasteiger partial charge in [0.2, 0.25) is 0 Å². The summed E-state index contributed by atoms with van der Waals surface area (Å²) in [5, 5.41) is 17.6. The van der Waals surface area contributed by atoms with E-state index in [9.17, 15) is 14.3 Å². The number of phenols is 1. The largest absolute Gasteiger partial charge is 0.507 e. The Morgan fingerprint density at radius 2 is 1.80 bits per heavy atom. The van der Waals surface area contributed by atoms with Crippen molar-refractivity contribution in [1.82, 2.24) is 15.1 Å². The zero-order valence-electron chi connectivity index (χ0n) is 19.3. The highest BCUT2D eigenvalue weighted by molar-refractivity contribution is 6.00. The molecule has 1 amide bonds. The van der Waals surface area contributed by atoms with E-state index in [-0.39, 0.29) is 17.2 Å². The van der Waals surface area contributed by atoms with Crippen LogP contribution in [0.4, 0.5) is 4.39 Å². The number of phenolic OH excluding ortho intramolecular Hbond substituents is 1. The van der Waals surface area contributed by atoms with Gasteiger partial charge in [-0.15, -0.1) is 0 Å². The molecule has 1 aromatic heterocycles. The number of carbonyl (C=O) groups excluding carboxylic acids is 1. The first-order valence-corrected chi connectivity index (χ1v) is 11.1. The summed E-state index contributed by atoms with van der Waals surface area (Å²) >= 11 is 0. The van der Waals surface area contributed by atoms with Crippen LogP contribution in [0.25, 0.3) is 11.3 Å². The van der Waals surface area contributed by atoms with Crippen molar-refractivity contribution in [3.63, 3.8) is 0 Å². The molecule has 8 heteroatoms. The second-order valence-electron chi connectivity index (χ2n) is 8.30. The Kier molecular flexibility index (Phi) is 5.86. The maximum absolute atomic E-state index is 14.1. The lowest BCUT2D eigenvalue weighted by molar-refractivity contribution is 0.0745. The van der Waals surface area contributed by atoms with Gasteiger partial charge in [-0.25, -0.2) is 4.39 Å². The molecule has 0 radical (unpaired) electrons. The van der Waals surface area contributed by atoms with Crippen molar-refractivity contribution >= 4 is 5.91 Å². The highest BCUT2D eigenvalue weighted by Crippen LogP contribution is 2.45. The van der Waals surface area contributed by atoms with E-state index in [0.29, 0.717) is 35.7 Å². The minimum absolute atomic E-state index is 0.116. The van der Waals surface area contributed by atoms with Crippen LogP contribution < -0.4 is 9.47 Å². The maximum atomic E-state index is 14.1. The van der Waals surface area contributed by atoms with Crippen LogP contribution in [0.3, 0.4) is 0 Å². The molecule has 1 atom stereocenters. The van der Waals surface area contributed by atoms with E-state index < -0.39 is 11.9 Å². The Bertz CT molecular complexity index is 1380. The number of aromatic amines is 1. The Morgan fingerprint density at radius 3 is 2.54 bits per heavy atom. The number of methoxy groups -OCH3 is 2. The number of carbonyl (C=O) groups is 1. The van der Waals surface area contributed by atoms with Crippen LogP contribution in [0.2, 0.25) is 0 Å². The van der Waals surface area contributed by atoms with Gasteiger partial charge in [-0.05, 0) is 60.0 Å². The molecule has 0 aliphatic carbocycles. The fourth-order valence-electron chi connectivity index (χ4n) is 4.53. The summed E-state index contributed by atoms with van der Waals surface area (Å²) in [6.45, 7) is 0.435. The van der Waals surface area contributed by atoms with Gasteiger partial charge in [-0.3, -0.25) is 9.89 Å². The third-order valence-corrected chi connectivity index (χ3v) is 6.29. The lowest BCUT2D eigenvalue weighted by Gasteiger charge is -2.27. The van der Waals surface area contributed by atoms with Gasteiger partial charge in [-0.2, -0.15) is 5.10 Å². The van der Waals surface area contributed by atoms with Gasteiger partial charge >= 0.3 is 0 Å². The van der Waals surface area contributed by atoms with Crippen LogP contribution in [0.15, 0.2) is 66.7 Å². The molecule has 1 aliphatic rings. The number of ether oxygens (including phenoxy) is 2. The minimum Gasteiger partial charge on any atom is -0.507 e. The number of hydrogen-bond acceptors (Lipinski definition) is 5. The second kappa shape index (κ2) is 9.13. The summed E-state index contributed by atoms with van der Waals surface area (Å²) in [5.41, 5.74) is 3.36. The molecule has 0 fully saturated rings. The number of halogens is 1. The monoisotopic (exact) mass is 473 g/mol.